The third kappa shape index (κ3) is 5.36. The van der Waals surface area contributed by atoms with Crippen molar-refractivity contribution in [2.75, 3.05) is 5.32 Å². The first-order valence-corrected chi connectivity index (χ1v) is 7.27. The number of amides is 1. The minimum Gasteiger partial charge on any atom is -0.326 e. The number of benzene rings is 2. The van der Waals surface area contributed by atoms with Gasteiger partial charge in [0.1, 0.15) is 0 Å². The number of hydrogen-bond donors (Lipinski definition) is 1. The molecule has 0 fully saturated rings. The normalized spacial score (nSPS) is 11.1. The minimum atomic E-state index is -0.0799. The van der Waals surface area contributed by atoms with Crippen LogP contribution in [0.15, 0.2) is 64.1 Å². The van der Waals surface area contributed by atoms with Crippen molar-refractivity contribution in [2.45, 2.75) is 6.92 Å². The highest BCUT2D eigenvalue weighted by molar-refractivity contribution is 9.10. The smallest absolute Gasteiger partial charge is 0.221 e. The molecule has 106 valence electrons. The molecule has 21 heavy (non-hydrogen) atoms. The lowest BCUT2D eigenvalue weighted by Gasteiger charge is -2.01. The molecule has 1 N–H and O–H groups in total. The van der Waals surface area contributed by atoms with E-state index in [-0.39, 0.29) is 5.91 Å². The van der Waals surface area contributed by atoms with Crippen LogP contribution in [0, 0.1) is 0 Å². The molecule has 0 saturated heterocycles. The van der Waals surface area contributed by atoms with E-state index in [0.29, 0.717) is 0 Å². The minimum absolute atomic E-state index is 0.0799. The van der Waals surface area contributed by atoms with E-state index in [1.165, 1.54) is 6.92 Å². The van der Waals surface area contributed by atoms with Gasteiger partial charge >= 0.3 is 0 Å². The summed E-state index contributed by atoms with van der Waals surface area (Å²) in [7, 11) is 0. The van der Waals surface area contributed by atoms with E-state index < -0.39 is 0 Å². The molecule has 0 heterocycles. The number of anilines is 1. The van der Waals surface area contributed by atoms with Gasteiger partial charge in [0.05, 0.1) is 5.69 Å². The maximum Gasteiger partial charge on any atom is 0.221 e. The molecule has 2 aromatic rings. The summed E-state index contributed by atoms with van der Waals surface area (Å²) in [6, 6.07) is 15.4. The van der Waals surface area contributed by atoms with Gasteiger partial charge in [-0.15, -0.1) is 0 Å². The maximum absolute atomic E-state index is 10.9. The SMILES string of the molecule is CC(=O)Nc1ccc(N=CC=Cc2ccc(Br)cc2)cc1. The molecule has 0 spiro atoms. The molecular formula is C17H15BrN2O. The van der Waals surface area contributed by atoms with E-state index in [1.54, 1.807) is 6.21 Å². The van der Waals surface area contributed by atoms with Gasteiger partial charge in [0.2, 0.25) is 5.91 Å². The number of carbonyl (C=O) groups is 1. The largest absolute Gasteiger partial charge is 0.326 e. The van der Waals surface area contributed by atoms with Gasteiger partial charge in [-0.2, -0.15) is 0 Å². The summed E-state index contributed by atoms with van der Waals surface area (Å²) in [6.45, 7) is 1.49. The maximum atomic E-state index is 10.9. The highest BCUT2D eigenvalue weighted by Gasteiger charge is 1.94. The lowest BCUT2D eigenvalue weighted by Crippen LogP contribution is -2.04. The van der Waals surface area contributed by atoms with E-state index in [4.69, 9.17) is 0 Å². The monoisotopic (exact) mass is 342 g/mol. The molecule has 0 saturated carbocycles. The van der Waals surface area contributed by atoms with Crippen molar-refractivity contribution in [3.8, 4) is 0 Å². The van der Waals surface area contributed by atoms with E-state index in [9.17, 15) is 4.79 Å². The fraction of sp³-hybridized carbons (Fsp3) is 0.0588. The molecule has 2 aromatic carbocycles. The summed E-state index contributed by atoms with van der Waals surface area (Å²) in [4.78, 5) is 15.2. The van der Waals surface area contributed by atoms with Crippen LogP contribution in [-0.2, 0) is 4.79 Å². The molecule has 0 aromatic heterocycles. The number of allylic oxidation sites excluding steroid dienone is 1. The molecule has 0 aliphatic carbocycles. The second-order valence-corrected chi connectivity index (χ2v) is 5.33. The molecule has 0 aliphatic heterocycles. The number of rotatable bonds is 4. The van der Waals surface area contributed by atoms with Gasteiger partial charge in [0.15, 0.2) is 0 Å². The second-order valence-electron chi connectivity index (χ2n) is 4.42. The Kier molecular flexibility index (Phi) is 5.46. The highest BCUT2D eigenvalue weighted by atomic mass is 79.9. The highest BCUT2D eigenvalue weighted by Crippen LogP contribution is 2.16. The van der Waals surface area contributed by atoms with Crippen molar-refractivity contribution in [1.29, 1.82) is 0 Å². The van der Waals surface area contributed by atoms with Crippen LogP contribution in [0.4, 0.5) is 11.4 Å². The zero-order valence-corrected chi connectivity index (χ0v) is 13.2. The Labute approximate surface area is 132 Å². The Balaban J connectivity index is 1.94. The van der Waals surface area contributed by atoms with Crippen LogP contribution >= 0.6 is 15.9 Å². The van der Waals surface area contributed by atoms with Gasteiger partial charge in [-0.25, -0.2) is 0 Å². The Morgan fingerprint density at radius 3 is 2.38 bits per heavy atom. The Morgan fingerprint density at radius 2 is 1.76 bits per heavy atom. The van der Waals surface area contributed by atoms with Gasteiger partial charge in [-0.1, -0.05) is 34.1 Å². The van der Waals surface area contributed by atoms with E-state index in [2.05, 4.69) is 26.2 Å². The predicted molar refractivity (Wildman–Crippen MR) is 92.1 cm³/mol. The van der Waals surface area contributed by atoms with Crippen molar-refractivity contribution >= 4 is 45.5 Å². The fourth-order valence-electron chi connectivity index (χ4n) is 1.69. The van der Waals surface area contributed by atoms with Gasteiger partial charge in [0.25, 0.3) is 0 Å². The van der Waals surface area contributed by atoms with Crippen molar-refractivity contribution in [3.05, 3.63) is 64.6 Å². The van der Waals surface area contributed by atoms with Gasteiger partial charge in [0, 0.05) is 23.3 Å². The molecule has 3 nitrogen and oxygen atoms in total. The van der Waals surface area contributed by atoms with E-state index >= 15 is 0 Å². The Morgan fingerprint density at radius 1 is 1.10 bits per heavy atom. The van der Waals surface area contributed by atoms with Crippen LogP contribution in [0.1, 0.15) is 12.5 Å². The van der Waals surface area contributed by atoms with Gasteiger partial charge in [-0.3, -0.25) is 9.79 Å². The molecule has 0 aliphatic rings. The average Bonchev–Trinajstić information content (AvgIpc) is 2.46. The third-order valence-corrected chi connectivity index (χ3v) is 3.18. The molecule has 0 bridgehead atoms. The first-order valence-electron chi connectivity index (χ1n) is 6.47. The Hall–Kier alpha value is -2.20. The van der Waals surface area contributed by atoms with Crippen molar-refractivity contribution in [3.63, 3.8) is 0 Å². The summed E-state index contributed by atoms with van der Waals surface area (Å²) in [6.07, 6.45) is 5.63. The zero-order chi connectivity index (χ0) is 15.1. The first kappa shape index (κ1) is 15.2. The summed E-state index contributed by atoms with van der Waals surface area (Å²) in [5, 5.41) is 2.72. The van der Waals surface area contributed by atoms with Crippen LogP contribution in [-0.4, -0.2) is 12.1 Å². The van der Waals surface area contributed by atoms with Crippen molar-refractivity contribution < 1.29 is 4.79 Å². The molecule has 1 amide bonds. The molecule has 4 heteroatoms. The summed E-state index contributed by atoms with van der Waals surface area (Å²) < 4.78 is 1.06. The summed E-state index contributed by atoms with van der Waals surface area (Å²) in [5.41, 5.74) is 2.72. The number of nitrogens with one attached hydrogen (secondary N) is 1. The lowest BCUT2D eigenvalue weighted by molar-refractivity contribution is -0.114. The van der Waals surface area contributed by atoms with Crippen molar-refractivity contribution in [1.82, 2.24) is 0 Å². The topological polar surface area (TPSA) is 41.5 Å². The molecular weight excluding hydrogens is 328 g/mol. The van der Waals surface area contributed by atoms with Crippen LogP contribution in [0.25, 0.3) is 6.08 Å². The quantitative estimate of drug-likeness (QED) is 0.795. The van der Waals surface area contributed by atoms with E-state index in [0.717, 1.165) is 21.4 Å². The average molecular weight is 343 g/mol. The molecule has 0 radical (unpaired) electrons. The van der Waals surface area contributed by atoms with Crippen molar-refractivity contribution in [2.24, 2.45) is 4.99 Å². The Bertz CT molecular complexity index is 658. The number of carbonyl (C=O) groups excluding carboxylic acids is 1. The zero-order valence-electron chi connectivity index (χ0n) is 11.6. The third-order valence-electron chi connectivity index (χ3n) is 2.66. The molecule has 2 rings (SSSR count). The second kappa shape index (κ2) is 7.55. The van der Waals surface area contributed by atoms with Crippen LogP contribution < -0.4 is 5.32 Å². The van der Waals surface area contributed by atoms with Crippen LogP contribution in [0.5, 0.6) is 0 Å². The predicted octanol–water partition coefficient (Wildman–Crippen LogP) is 4.82. The molecule has 0 atom stereocenters. The fourth-order valence-corrected chi connectivity index (χ4v) is 1.96. The summed E-state index contributed by atoms with van der Waals surface area (Å²) >= 11 is 3.40. The number of halogens is 1. The number of nitrogens with zero attached hydrogens (tertiary/aromatic N) is 1. The first-order chi connectivity index (χ1) is 10.1. The van der Waals surface area contributed by atoms with Crippen LogP contribution in [0.2, 0.25) is 0 Å². The molecule has 0 unspecified atom stereocenters. The number of hydrogen-bond acceptors (Lipinski definition) is 2. The number of aliphatic imine (C=N–C) groups is 1. The van der Waals surface area contributed by atoms with E-state index in [1.807, 2.05) is 60.7 Å². The van der Waals surface area contributed by atoms with Gasteiger partial charge < -0.3 is 5.32 Å². The van der Waals surface area contributed by atoms with Crippen LogP contribution in [0.3, 0.4) is 0 Å². The van der Waals surface area contributed by atoms with Gasteiger partial charge in [-0.05, 0) is 48.0 Å². The standard InChI is InChI=1S/C17H15BrN2O/c1-13(21)20-17-10-8-16(9-11-17)19-12-2-3-14-4-6-15(18)7-5-14/h2-12H,1H3,(H,20,21). The lowest BCUT2D eigenvalue weighted by atomic mass is 10.2. The summed E-state index contributed by atoms with van der Waals surface area (Å²) in [5.74, 6) is -0.0799.